The lowest BCUT2D eigenvalue weighted by Gasteiger charge is -2.13. The van der Waals surface area contributed by atoms with Crippen molar-refractivity contribution in [1.82, 2.24) is 9.97 Å². The fourth-order valence-electron chi connectivity index (χ4n) is 3.80. The van der Waals surface area contributed by atoms with Gasteiger partial charge in [-0.05, 0) is 53.9 Å². The van der Waals surface area contributed by atoms with Gasteiger partial charge in [0, 0.05) is 30.9 Å². The lowest BCUT2D eigenvalue weighted by molar-refractivity contribution is 0.0692. The molecular formula is C26H26N4O3. The fraction of sp³-hybridized carbons (Fsp3) is 0.192. The van der Waals surface area contributed by atoms with E-state index in [1.165, 1.54) is 28.7 Å². The van der Waals surface area contributed by atoms with Crippen molar-refractivity contribution in [3.8, 4) is 17.0 Å². The molecule has 0 saturated carbocycles. The Hall–Kier alpha value is -4.13. The fourth-order valence-corrected chi connectivity index (χ4v) is 3.80. The number of ether oxygens (including phenoxy) is 1. The van der Waals surface area contributed by atoms with Gasteiger partial charge in [-0.2, -0.15) is 0 Å². The number of rotatable bonds is 9. The highest BCUT2D eigenvalue weighted by molar-refractivity contribution is 5.92. The molecule has 7 heteroatoms. The Labute approximate surface area is 192 Å². The van der Waals surface area contributed by atoms with Crippen LogP contribution in [0.5, 0.6) is 5.75 Å². The number of hydrogen-bond donors (Lipinski definition) is 3. The van der Waals surface area contributed by atoms with Crippen LogP contribution in [0.4, 0.5) is 11.5 Å². The van der Waals surface area contributed by atoms with Gasteiger partial charge < -0.3 is 20.5 Å². The lowest BCUT2D eigenvalue weighted by atomic mass is 10.0. The quantitative estimate of drug-likeness (QED) is 0.332. The van der Waals surface area contributed by atoms with Gasteiger partial charge in [0.15, 0.2) is 0 Å². The third-order valence-corrected chi connectivity index (χ3v) is 5.42. The van der Waals surface area contributed by atoms with Crippen LogP contribution in [-0.2, 0) is 6.42 Å². The first-order valence-corrected chi connectivity index (χ1v) is 10.8. The normalized spacial score (nSPS) is 10.7. The number of aromatic carboxylic acids is 1. The summed E-state index contributed by atoms with van der Waals surface area (Å²) >= 11 is 0. The molecule has 1 heterocycles. The monoisotopic (exact) mass is 442 g/mol. The molecule has 0 radical (unpaired) electrons. The predicted molar refractivity (Wildman–Crippen MR) is 131 cm³/mol. The number of fused-ring (bicyclic) bond motifs is 1. The number of carbonyl (C=O) groups is 1. The summed E-state index contributed by atoms with van der Waals surface area (Å²) in [6.45, 7) is 2.90. The van der Waals surface area contributed by atoms with E-state index in [0.29, 0.717) is 30.4 Å². The number of anilines is 2. The molecule has 0 unspecified atom stereocenters. The van der Waals surface area contributed by atoms with Gasteiger partial charge in [0.2, 0.25) is 0 Å². The number of nitrogens with one attached hydrogen (secondary N) is 2. The molecule has 0 aliphatic heterocycles. The van der Waals surface area contributed by atoms with Crippen molar-refractivity contribution in [3.63, 3.8) is 0 Å². The molecule has 0 aliphatic rings. The van der Waals surface area contributed by atoms with Crippen molar-refractivity contribution in [2.75, 3.05) is 30.8 Å². The van der Waals surface area contributed by atoms with Gasteiger partial charge in [0.25, 0.3) is 0 Å². The predicted octanol–water partition coefficient (Wildman–Crippen LogP) is 5.09. The van der Waals surface area contributed by atoms with E-state index in [4.69, 9.17) is 4.74 Å². The average molecular weight is 443 g/mol. The first-order chi connectivity index (χ1) is 16.1. The van der Waals surface area contributed by atoms with Crippen LogP contribution in [0, 0.1) is 0 Å². The minimum atomic E-state index is -1.02. The van der Waals surface area contributed by atoms with Crippen molar-refractivity contribution in [1.29, 1.82) is 0 Å². The molecule has 0 spiro atoms. The van der Waals surface area contributed by atoms with Crippen LogP contribution in [0.1, 0.15) is 22.8 Å². The van der Waals surface area contributed by atoms with Gasteiger partial charge in [-0.1, -0.05) is 30.3 Å². The minimum Gasteiger partial charge on any atom is -0.493 e. The zero-order chi connectivity index (χ0) is 23.2. The Kier molecular flexibility index (Phi) is 6.69. The summed E-state index contributed by atoms with van der Waals surface area (Å²) in [5, 5.41) is 18.4. The van der Waals surface area contributed by atoms with Crippen LogP contribution in [0.2, 0.25) is 0 Å². The Morgan fingerprint density at radius 3 is 2.55 bits per heavy atom. The number of carboxylic acids is 1. The summed E-state index contributed by atoms with van der Waals surface area (Å²) in [6, 6.07) is 19.5. The smallest absolute Gasteiger partial charge is 0.339 e. The van der Waals surface area contributed by atoms with E-state index in [2.05, 4.69) is 44.9 Å². The molecule has 0 bridgehead atoms. The highest BCUT2D eigenvalue weighted by atomic mass is 16.5. The first kappa shape index (κ1) is 22.1. The molecule has 1 aromatic heterocycles. The molecular weight excluding hydrogens is 416 g/mol. The maximum absolute atomic E-state index is 11.4. The van der Waals surface area contributed by atoms with Crippen LogP contribution < -0.4 is 15.4 Å². The molecule has 0 aliphatic carbocycles. The van der Waals surface area contributed by atoms with E-state index in [9.17, 15) is 9.90 Å². The molecule has 33 heavy (non-hydrogen) atoms. The SMILES string of the molecule is CCOc1cc(-c2cc(NCCc3cc4ccccc4cc3NC)ncn2)ccc1C(=O)O. The molecule has 3 N–H and O–H groups in total. The van der Waals surface area contributed by atoms with Gasteiger partial charge in [-0.3, -0.25) is 0 Å². The van der Waals surface area contributed by atoms with Gasteiger partial charge in [0.1, 0.15) is 23.5 Å². The van der Waals surface area contributed by atoms with Gasteiger partial charge in [-0.15, -0.1) is 0 Å². The lowest BCUT2D eigenvalue weighted by Crippen LogP contribution is -2.08. The van der Waals surface area contributed by atoms with E-state index in [1.807, 2.05) is 32.2 Å². The van der Waals surface area contributed by atoms with E-state index >= 15 is 0 Å². The summed E-state index contributed by atoms with van der Waals surface area (Å²) in [4.78, 5) is 20.1. The summed E-state index contributed by atoms with van der Waals surface area (Å²) in [7, 11) is 1.93. The number of carboxylic acid groups (broad SMARTS) is 1. The van der Waals surface area contributed by atoms with E-state index in [-0.39, 0.29) is 5.56 Å². The molecule has 168 valence electrons. The maximum Gasteiger partial charge on any atom is 0.339 e. The molecule has 7 nitrogen and oxygen atoms in total. The number of nitrogens with zero attached hydrogens (tertiary/aromatic N) is 2. The molecule has 0 atom stereocenters. The largest absolute Gasteiger partial charge is 0.493 e. The Morgan fingerprint density at radius 1 is 1.03 bits per heavy atom. The second-order valence-electron chi connectivity index (χ2n) is 7.52. The molecule has 0 saturated heterocycles. The van der Waals surface area contributed by atoms with Gasteiger partial charge in [-0.25, -0.2) is 14.8 Å². The highest BCUT2D eigenvalue weighted by Gasteiger charge is 2.13. The molecule has 4 rings (SSSR count). The van der Waals surface area contributed by atoms with Crippen LogP contribution in [0.25, 0.3) is 22.0 Å². The third kappa shape index (κ3) is 5.03. The number of hydrogen-bond acceptors (Lipinski definition) is 6. The second-order valence-corrected chi connectivity index (χ2v) is 7.52. The van der Waals surface area contributed by atoms with Crippen LogP contribution in [0.15, 0.2) is 67.0 Å². The van der Waals surface area contributed by atoms with Gasteiger partial charge >= 0.3 is 5.97 Å². The highest BCUT2D eigenvalue weighted by Crippen LogP contribution is 2.28. The summed E-state index contributed by atoms with van der Waals surface area (Å²) in [5.41, 5.74) is 3.92. The summed E-state index contributed by atoms with van der Waals surface area (Å²) < 4.78 is 5.51. The van der Waals surface area contributed by atoms with E-state index < -0.39 is 5.97 Å². The first-order valence-electron chi connectivity index (χ1n) is 10.8. The topological polar surface area (TPSA) is 96.4 Å². The average Bonchev–Trinajstić information content (AvgIpc) is 2.83. The minimum absolute atomic E-state index is 0.128. The second kappa shape index (κ2) is 9.99. The van der Waals surface area contributed by atoms with Crippen molar-refractivity contribution in [2.45, 2.75) is 13.3 Å². The van der Waals surface area contributed by atoms with E-state index in [0.717, 1.165) is 17.7 Å². The van der Waals surface area contributed by atoms with Crippen molar-refractivity contribution < 1.29 is 14.6 Å². The zero-order valence-corrected chi connectivity index (χ0v) is 18.6. The van der Waals surface area contributed by atoms with Crippen LogP contribution >= 0.6 is 0 Å². The Morgan fingerprint density at radius 2 is 1.82 bits per heavy atom. The number of aromatic nitrogens is 2. The van der Waals surface area contributed by atoms with Gasteiger partial charge in [0.05, 0.1) is 12.3 Å². The number of benzene rings is 3. The third-order valence-electron chi connectivity index (χ3n) is 5.42. The van der Waals surface area contributed by atoms with Crippen molar-refractivity contribution in [3.05, 3.63) is 78.1 Å². The van der Waals surface area contributed by atoms with Crippen LogP contribution in [0.3, 0.4) is 0 Å². The molecule has 3 aromatic carbocycles. The maximum atomic E-state index is 11.4. The molecule has 0 amide bonds. The standard InChI is InChI=1S/C26H26N4O3/c1-3-33-24-14-19(8-9-21(24)26(31)32)23-15-25(30-16-29-23)28-11-10-20-12-17-6-4-5-7-18(17)13-22(20)27-2/h4-9,12-16,27H,3,10-11H2,1-2H3,(H,31,32)(H,28,29,30). The van der Waals surface area contributed by atoms with E-state index in [1.54, 1.807) is 12.1 Å². The van der Waals surface area contributed by atoms with Crippen molar-refractivity contribution in [2.24, 2.45) is 0 Å². The molecule has 4 aromatic rings. The van der Waals surface area contributed by atoms with Crippen LogP contribution in [-0.4, -0.2) is 41.2 Å². The Balaban J connectivity index is 1.50. The zero-order valence-electron chi connectivity index (χ0n) is 18.6. The van der Waals surface area contributed by atoms with Crippen molar-refractivity contribution >= 4 is 28.2 Å². The molecule has 0 fully saturated rings. The Bertz CT molecular complexity index is 1290. The summed E-state index contributed by atoms with van der Waals surface area (Å²) in [6.07, 6.45) is 2.32. The summed E-state index contributed by atoms with van der Waals surface area (Å²) in [5.74, 6) is 0.00302.